The summed E-state index contributed by atoms with van der Waals surface area (Å²) in [6, 6.07) is 8.36. The molecule has 0 saturated carbocycles. The van der Waals surface area contributed by atoms with Crippen LogP contribution in [-0.2, 0) is 6.42 Å². The van der Waals surface area contributed by atoms with Gasteiger partial charge in [-0.2, -0.15) is 0 Å². The van der Waals surface area contributed by atoms with Crippen molar-refractivity contribution < 1.29 is 4.74 Å². The van der Waals surface area contributed by atoms with Crippen molar-refractivity contribution in [1.29, 1.82) is 0 Å². The lowest BCUT2D eigenvalue weighted by atomic mass is 10.1. The van der Waals surface area contributed by atoms with Gasteiger partial charge in [0.2, 0.25) is 0 Å². The van der Waals surface area contributed by atoms with Crippen LogP contribution < -0.4 is 10.1 Å². The van der Waals surface area contributed by atoms with Crippen molar-refractivity contribution in [1.82, 2.24) is 9.97 Å². The molecule has 0 radical (unpaired) electrons. The summed E-state index contributed by atoms with van der Waals surface area (Å²) in [5.41, 5.74) is 2.52. The molecule has 1 aromatic carbocycles. The molecule has 1 N–H and O–H groups in total. The van der Waals surface area contributed by atoms with Crippen molar-refractivity contribution >= 4 is 27.4 Å². The Bertz CT molecular complexity index is 769. The number of nitrogens with one attached hydrogen (secondary N) is 1. The lowest BCUT2D eigenvalue weighted by molar-refractivity contribution is 0.329. The first-order valence-corrected chi connectivity index (χ1v) is 8.30. The van der Waals surface area contributed by atoms with Gasteiger partial charge >= 0.3 is 0 Å². The zero-order valence-electron chi connectivity index (χ0n) is 12.8. The van der Waals surface area contributed by atoms with Gasteiger partial charge in [0.05, 0.1) is 11.9 Å². The summed E-state index contributed by atoms with van der Waals surface area (Å²) < 4.78 is 5.90. The minimum absolute atomic E-state index is 0.603. The molecule has 0 spiro atoms. The molecule has 3 aromatic rings. The standard InChI is InChI=1S/C17H19N3OS/c1-3-13-10-12(2)4-5-15(13)21-8-7-18-16-14-6-9-22-17(14)20-11-19-16/h4-6,9-11H,3,7-8H2,1-2H3,(H,18,19,20). The Hall–Kier alpha value is -2.14. The molecule has 0 aliphatic heterocycles. The van der Waals surface area contributed by atoms with E-state index in [-0.39, 0.29) is 0 Å². The fourth-order valence-electron chi connectivity index (χ4n) is 2.39. The predicted molar refractivity (Wildman–Crippen MR) is 92.0 cm³/mol. The molecule has 2 heterocycles. The van der Waals surface area contributed by atoms with Crippen LogP contribution in [0.4, 0.5) is 5.82 Å². The van der Waals surface area contributed by atoms with E-state index in [4.69, 9.17) is 4.74 Å². The highest BCUT2D eigenvalue weighted by Crippen LogP contribution is 2.24. The number of aryl methyl sites for hydroxylation is 2. The largest absolute Gasteiger partial charge is 0.491 e. The monoisotopic (exact) mass is 313 g/mol. The van der Waals surface area contributed by atoms with Crippen molar-refractivity contribution in [3.63, 3.8) is 0 Å². The smallest absolute Gasteiger partial charge is 0.138 e. The van der Waals surface area contributed by atoms with Crippen LogP contribution in [0.1, 0.15) is 18.1 Å². The number of thiophene rings is 1. The van der Waals surface area contributed by atoms with E-state index in [0.717, 1.165) is 28.2 Å². The molecule has 0 fully saturated rings. The Morgan fingerprint density at radius 2 is 2.14 bits per heavy atom. The van der Waals surface area contributed by atoms with E-state index in [1.54, 1.807) is 17.7 Å². The number of ether oxygens (including phenoxy) is 1. The molecule has 0 aliphatic carbocycles. The second-order valence-electron chi connectivity index (χ2n) is 5.10. The van der Waals surface area contributed by atoms with E-state index in [9.17, 15) is 0 Å². The normalized spacial score (nSPS) is 10.8. The third kappa shape index (κ3) is 3.20. The number of benzene rings is 1. The van der Waals surface area contributed by atoms with Crippen molar-refractivity contribution in [2.75, 3.05) is 18.5 Å². The summed E-state index contributed by atoms with van der Waals surface area (Å²) >= 11 is 1.62. The zero-order chi connectivity index (χ0) is 15.4. The third-order valence-electron chi connectivity index (χ3n) is 3.51. The highest BCUT2D eigenvalue weighted by Gasteiger charge is 2.05. The SMILES string of the molecule is CCc1cc(C)ccc1OCCNc1ncnc2sccc12. The Kier molecular flexibility index (Phi) is 4.53. The lowest BCUT2D eigenvalue weighted by Gasteiger charge is -2.12. The Labute approximate surface area is 134 Å². The molecule has 0 saturated heterocycles. The van der Waals surface area contributed by atoms with Crippen molar-refractivity contribution in [3.05, 3.63) is 47.1 Å². The molecule has 3 rings (SSSR count). The van der Waals surface area contributed by atoms with Crippen LogP contribution in [0.25, 0.3) is 10.2 Å². The molecule has 5 heteroatoms. The number of hydrogen-bond acceptors (Lipinski definition) is 5. The maximum Gasteiger partial charge on any atom is 0.138 e. The average Bonchev–Trinajstić information content (AvgIpc) is 3.01. The maximum absolute atomic E-state index is 5.90. The second kappa shape index (κ2) is 6.75. The molecular formula is C17H19N3OS. The van der Waals surface area contributed by atoms with Gasteiger partial charge in [0, 0.05) is 0 Å². The second-order valence-corrected chi connectivity index (χ2v) is 6.00. The summed E-state index contributed by atoms with van der Waals surface area (Å²) in [6.07, 6.45) is 2.57. The molecule has 4 nitrogen and oxygen atoms in total. The predicted octanol–water partition coefficient (Wildman–Crippen LogP) is 4.05. The minimum Gasteiger partial charge on any atom is -0.491 e. The van der Waals surface area contributed by atoms with Crippen LogP contribution in [0, 0.1) is 6.92 Å². The fourth-order valence-corrected chi connectivity index (χ4v) is 3.12. The highest BCUT2D eigenvalue weighted by molar-refractivity contribution is 7.16. The van der Waals surface area contributed by atoms with E-state index in [0.29, 0.717) is 13.2 Å². The quantitative estimate of drug-likeness (QED) is 0.697. The Morgan fingerprint density at radius 1 is 1.23 bits per heavy atom. The van der Waals surface area contributed by atoms with Crippen LogP contribution in [0.15, 0.2) is 36.0 Å². The van der Waals surface area contributed by atoms with E-state index < -0.39 is 0 Å². The van der Waals surface area contributed by atoms with Crippen molar-refractivity contribution in [3.8, 4) is 5.75 Å². The summed E-state index contributed by atoms with van der Waals surface area (Å²) in [5, 5.41) is 6.42. The molecule has 0 bridgehead atoms. The van der Waals surface area contributed by atoms with Gasteiger partial charge in [-0.1, -0.05) is 24.6 Å². The molecule has 2 aromatic heterocycles. The fraction of sp³-hybridized carbons (Fsp3) is 0.294. The average molecular weight is 313 g/mol. The number of fused-ring (bicyclic) bond motifs is 1. The van der Waals surface area contributed by atoms with Crippen molar-refractivity contribution in [2.45, 2.75) is 20.3 Å². The van der Waals surface area contributed by atoms with Gasteiger partial charge in [-0.15, -0.1) is 11.3 Å². The van der Waals surface area contributed by atoms with Gasteiger partial charge in [-0.05, 0) is 36.4 Å². The summed E-state index contributed by atoms with van der Waals surface area (Å²) in [7, 11) is 0. The highest BCUT2D eigenvalue weighted by atomic mass is 32.1. The first-order chi connectivity index (χ1) is 10.8. The number of nitrogens with zero attached hydrogens (tertiary/aromatic N) is 2. The molecule has 0 aliphatic rings. The van der Waals surface area contributed by atoms with Gasteiger partial charge in [-0.25, -0.2) is 9.97 Å². The van der Waals surface area contributed by atoms with Crippen LogP contribution in [0.2, 0.25) is 0 Å². The van der Waals surface area contributed by atoms with Crippen LogP contribution in [0.5, 0.6) is 5.75 Å². The first kappa shape index (κ1) is 14.8. The van der Waals surface area contributed by atoms with Gasteiger partial charge < -0.3 is 10.1 Å². The Balaban J connectivity index is 1.59. The molecule has 22 heavy (non-hydrogen) atoms. The lowest BCUT2D eigenvalue weighted by Crippen LogP contribution is -2.13. The minimum atomic E-state index is 0.603. The molecule has 0 atom stereocenters. The third-order valence-corrected chi connectivity index (χ3v) is 4.33. The van der Waals surface area contributed by atoms with Crippen molar-refractivity contribution in [2.24, 2.45) is 0 Å². The number of aromatic nitrogens is 2. The van der Waals surface area contributed by atoms with Gasteiger partial charge in [0.15, 0.2) is 0 Å². The Morgan fingerprint density at radius 3 is 3.00 bits per heavy atom. The maximum atomic E-state index is 5.90. The topological polar surface area (TPSA) is 47.0 Å². The molecule has 0 unspecified atom stereocenters. The number of anilines is 1. The van der Waals surface area contributed by atoms with Gasteiger partial charge in [-0.3, -0.25) is 0 Å². The molecule has 114 valence electrons. The number of hydrogen-bond donors (Lipinski definition) is 1. The van der Waals surface area contributed by atoms with E-state index in [1.807, 2.05) is 11.4 Å². The van der Waals surface area contributed by atoms with Gasteiger partial charge in [0.1, 0.15) is 29.3 Å². The van der Waals surface area contributed by atoms with Gasteiger partial charge in [0.25, 0.3) is 0 Å². The zero-order valence-corrected chi connectivity index (χ0v) is 13.6. The number of rotatable bonds is 6. The van der Waals surface area contributed by atoms with Crippen LogP contribution >= 0.6 is 11.3 Å². The van der Waals surface area contributed by atoms with Crippen LogP contribution in [-0.4, -0.2) is 23.1 Å². The van der Waals surface area contributed by atoms with Crippen LogP contribution in [0.3, 0.4) is 0 Å². The first-order valence-electron chi connectivity index (χ1n) is 7.42. The summed E-state index contributed by atoms with van der Waals surface area (Å²) in [6.45, 7) is 5.56. The molecule has 0 amide bonds. The van der Waals surface area contributed by atoms with E-state index in [2.05, 4.69) is 47.3 Å². The van der Waals surface area contributed by atoms with E-state index >= 15 is 0 Å². The summed E-state index contributed by atoms with van der Waals surface area (Å²) in [5.74, 6) is 1.84. The molecular weight excluding hydrogens is 294 g/mol. The summed E-state index contributed by atoms with van der Waals surface area (Å²) in [4.78, 5) is 9.55. The van der Waals surface area contributed by atoms with E-state index in [1.165, 1.54) is 11.1 Å².